The van der Waals surface area contributed by atoms with E-state index in [2.05, 4.69) is 11.2 Å². The van der Waals surface area contributed by atoms with E-state index in [1.165, 1.54) is 53.6 Å². The summed E-state index contributed by atoms with van der Waals surface area (Å²) in [5.41, 5.74) is 5.42. The number of carbonyl (C=O) groups is 1. The Balaban J connectivity index is 1.63. The molecule has 2 aromatic heterocycles. The van der Waals surface area contributed by atoms with Crippen LogP contribution in [0.2, 0.25) is 5.02 Å². The van der Waals surface area contributed by atoms with Gasteiger partial charge in [0, 0.05) is 48.3 Å². The Kier molecular flexibility index (Phi) is 7.67. The van der Waals surface area contributed by atoms with Crippen LogP contribution in [-0.4, -0.2) is 9.88 Å². The van der Waals surface area contributed by atoms with E-state index >= 15 is 0 Å². The third-order valence-electron chi connectivity index (χ3n) is 6.99. The molecule has 5 nitrogen and oxygen atoms in total. The van der Waals surface area contributed by atoms with E-state index in [1.54, 1.807) is 31.2 Å². The van der Waals surface area contributed by atoms with Crippen molar-refractivity contribution in [3.05, 3.63) is 128 Å². The molecule has 0 aliphatic rings. The van der Waals surface area contributed by atoms with Gasteiger partial charge in [-0.1, -0.05) is 35.9 Å². The lowest BCUT2D eigenvalue weighted by molar-refractivity contribution is 0.100. The Labute approximate surface area is 258 Å². The second-order valence-electron chi connectivity index (χ2n) is 9.63. The minimum atomic E-state index is -0.916. The van der Waals surface area contributed by atoms with Crippen molar-refractivity contribution in [1.82, 2.24) is 3.97 Å². The number of rotatable bonds is 6. The molecule has 2 heterocycles. The third-order valence-corrected chi connectivity index (χ3v) is 9.15. The molecule has 0 saturated heterocycles. The van der Waals surface area contributed by atoms with Crippen molar-refractivity contribution >= 4 is 51.7 Å². The molecule has 0 spiro atoms. The van der Waals surface area contributed by atoms with Crippen molar-refractivity contribution in [2.75, 3.05) is 0 Å². The van der Waals surface area contributed by atoms with Gasteiger partial charge >= 0.3 is 5.91 Å². The summed E-state index contributed by atoms with van der Waals surface area (Å²) >= 11 is 9.20. The quantitative estimate of drug-likeness (QED) is 0.173. The number of nitroso groups, excluding NO2 is 1. The van der Waals surface area contributed by atoms with Crippen LogP contribution in [0, 0.1) is 34.8 Å². The fourth-order valence-electron chi connectivity index (χ4n) is 5.01. The predicted molar refractivity (Wildman–Crippen MR) is 168 cm³/mol. The Bertz CT molecular complexity index is 2130. The van der Waals surface area contributed by atoms with Gasteiger partial charge in [-0.05, 0) is 96.0 Å². The Morgan fingerprint density at radius 2 is 1.79 bits per heavy atom. The zero-order valence-electron chi connectivity index (χ0n) is 22.3. The number of aryl methyl sites for hydroxylation is 1. The number of aromatic nitrogens is 1. The van der Waals surface area contributed by atoms with Gasteiger partial charge in [-0.25, -0.2) is 8.78 Å². The van der Waals surface area contributed by atoms with E-state index in [-0.39, 0.29) is 16.4 Å². The monoisotopic (exact) mass is 625 g/mol. The summed E-state index contributed by atoms with van der Waals surface area (Å²) in [4.78, 5) is 23.8. The molecule has 0 aliphatic heterocycles. The second-order valence-corrected chi connectivity index (χ2v) is 12.0. The first-order valence-electron chi connectivity index (χ1n) is 12.8. The molecular formula is C33H18ClF2N3O2S2. The highest BCUT2D eigenvalue weighted by Gasteiger charge is 2.25. The maximum atomic E-state index is 14.8. The lowest BCUT2D eigenvalue weighted by Crippen LogP contribution is -1.95. The number of nitrogens with zero attached hydrogens (tertiary/aromatic N) is 3. The van der Waals surface area contributed by atoms with Gasteiger partial charge in [-0.2, -0.15) is 5.26 Å². The molecule has 0 radical (unpaired) electrons. The van der Waals surface area contributed by atoms with Crippen LogP contribution in [-0.2, 0) is 0 Å². The number of thiophene rings is 1. The molecule has 6 rings (SSSR count). The summed E-state index contributed by atoms with van der Waals surface area (Å²) in [5.74, 6) is -1.66. The van der Waals surface area contributed by atoms with E-state index in [0.717, 1.165) is 16.0 Å². The predicted octanol–water partition coefficient (Wildman–Crippen LogP) is 10.3. The first kappa shape index (κ1) is 28.5. The first-order chi connectivity index (χ1) is 20.8. The van der Waals surface area contributed by atoms with Crippen molar-refractivity contribution in [3.63, 3.8) is 0 Å². The molecular weight excluding hydrogens is 608 g/mol. The smallest absolute Gasteiger partial charge is 0.279 e. The summed E-state index contributed by atoms with van der Waals surface area (Å²) < 4.78 is 30.9. The number of fused-ring (bicyclic) bond motifs is 1. The molecule has 6 aromatic rings. The van der Waals surface area contributed by atoms with Gasteiger partial charge in [0.1, 0.15) is 22.6 Å². The second kappa shape index (κ2) is 11.6. The standard InChI is InChI=1S/C33H18ClF2N3O2S2/c1-18-13-23(7-9-28(18)36)43-39-29-10-6-22(35)16-26(29)31(25-11-12-42-30(25)17-37)32(39)20-4-2-3-19(14-20)24-8-5-21(15-27(24)34)33(40)38-41/h2-16H,1H3. The minimum Gasteiger partial charge on any atom is -0.279 e. The number of benzene rings is 4. The number of amides is 1. The van der Waals surface area contributed by atoms with Crippen LogP contribution in [0.1, 0.15) is 20.8 Å². The van der Waals surface area contributed by atoms with Gasteiger partial charge in [0.15, 0.2) is 0 Å². The summed E-state index contributed by atoms with van der Waals surface area (Å²) in [5, 5.41) is 15.1. The molecule has 210 valence electrons. The van der Waals surface area contributed by atoms with Gasteiger partial charge in [-0.15, -0.1) is 16.2 Å². The molecule has 0 N–H and O–H groups in total. The SMILES string of the molecule is Cc1cc(Sn2c(-c3cccc(-c4ccc(C(=O)N=O)cc4Cl)c3)c(-c3ccsc3C#N)c3cc(F)ccc32)ccc1F. The topological polar surface area (TPSA) is 75.2 Å². The maximum absolute atomic E-state index is 14.8. The zero-order valence-corrected chi connectivity index (χ0v) is 24.7. The minimum absolute atomic E-state index is 0.0804. The normalized spacial score (nSPS) is 11.0. The largest absolute Gasteiger partial charge is 0.316 e. The fourth-order valence-corrected chi connectivity index (χ4v) is 7.10. The lowest BCUT2D eigenvalue weighted by Gasteiger charge is -2.14. The van der Waals surface area contributed by atoms with Crippen LogP contribution >= 0.6 is 34.9 Å². The van der Waals surface area contributed by atoms with Crippen LogP contribution in [0.25, 0.3) is 44.4 Å². The van der Waals surface area contributed by atoms with Crippen molar-refractivity contribution in [2.24, 2.45) is 5.18 Å². The lowest BCUT2D eigenvalue weighted by atomic mass is 9.96. The molecule has 1 amide bonds. The molecule has 0 atom stereocenters. The Morgan fingerprint density at radius 3 is 2.53 bits per heavy atom. The van der Waals surface area contributed by atoms with E-state index in [9.17, 15) is 23.7 Å². The van der Waals surface area contributed by atoms with E-state index < -0.39 is 11.7 Å². The third kappa shape index (κ3) is 5.25. The molecule has 0 fully saturated rings. The average molecular weight is 626 g/mol. The van der Waals surface area contributed by atoms with Crippen molar-refractivity contribution in [3.8, 4) is 39.6 Å². The number of carbonyl (C=O) groups excluding carboxylic acids is 1. The molecule has 0 aliphatic carbocycles. The van der Waals surface area contributed by atoms with Crippen LogP contribution < -0.4 is 0 Å². The van der Waals surface area contributed by atoms with Crippen LogP contribution in [0.5, 0.6) is 0 Å². The van der Waals surface area contributed by atoms with Crippen molar-refractivity contribution in [2.45, 2.75) is 11.8 Å². The van der Waals surface area contributed by atoms with Gasteiger partial charge in [0.25, 0.3) is 0 Å². The highest BCUT2D eigenvalue weighted by atomic mass is 35.5. The van der Waals surface area contributed by atoms with Gasteiger partial charge < -0.3 is 0 Å². The van der Waals surface area contributed by atoms with E-state index in [1.807, 2.05) is 39.7 Å². The fraction of sp³-hybridized carbons (Fsp3) is 0.0303. The summed E-state index contributed by atoms with van der Waals surface area (Å²) in [6, 6.07) is 25.6. The summed E-state index contributed by atoms with van der Waals surface area (Å²) in [7, 11) is 0. The number of halogens is 3. The molecule has 0 unspecified atom stereocenters. The molecule has 0 saturated carbocycles. The Morgan fingerprint density at radius 1 is 0.977 bits per heavy atom. The molecule has 43 heavy (non-hydrogen) atoms. The average Bonchev–Trinajstić information content (AvgIpc) is 3.60. The van der Waals surface area contributed by atoms with Crippen LogP contribution in [0.4, 0.5) is 8.78 Å². The van der Waals surface area contributed by atoms with E-state index in [4.69, 9.17) is 11.6 Å². The van der Waals surface area contributed by atoms with Gasteiger partial charge in [0.2, 0.25) is 0 Å². The maximum Gasteiger partial charge on any atom is 0.316 e. The number of hydrogen-bond acceptors (Lipinski definition) is 5. The molecule has 10 heteroatoms. The first-order valence-corrected chi connectivity index (χ1v) is 14.9. The number of hydrogen-bond donors (Lipinski definition) is 0. The Hall–Kier alpha value is -4.62. The van der Waals surface area contributed by atoms with Crippen LogP contribution in [0.3, 0.4) is 0 Å². The summed E-state index contributed by atoms with van der Waals surface area (Å²) in [6.07, 6.45) is 0. The van der Waals surface area contributed by atoms with Crippen molar-refractivity contribution < 1.29 is 13.6 Å². The van der Waals surface area contributed by atoms with Gasteiger partial charge in [-0.3, -0.25) is 8.77 Å². The summed E-state index contributed by atoms with van der Waals surface area (Å²) in [6.45, 7) is 1.69. The number of nitriles is 1. The highest BCUT2D eigenvalue weighted by Crippen LogP contribution is 2.47. The zero-order chi connectivity index (χ0) is 30.2. The molecule has 4 aromatic carbocycles. The van der Waals surface area contributed by atoms with E-state index in [0.29, 0.717) is 43.7 Å². The van der Waals surface area contributed by atoms with Gasteiger partial charge in [0.05, 0.1) is 11.2 Å². The highest BCUT2D eigenvalue weighted by molar-refractivity contribution is 7.98. The van der Waals surface area contributed by atoms with Crippen molar-refractivity contribution in [1.29, 1.82) is 5.26 Å². The van der Waals surface area contributed by atoms with Crippen LogP contribution in [0.15, 0.2) is 100 Å². The molecule has 0 bridgehead atoms.